The van der Waals surface area contributed by atoms with E-state index in [0.717, 1.165) is 5.69 Å². The molecular formula is C46H29NS. The minimum Gasteiger partial charge on any atom is -0.308 e. The molecule has 10 aromatic rings. The summed E-state index contributed by atoms with van der Waals surface area (Å²) in [4.78, 5) is 2.53. The molecule has 0 unspecified atom stereocenters. The Morgan fingerprint density at radius 1 is 0.354 bits per heavy atom. The molecule has 10 rings (SSSR count). The highest BCUT2D eigenvalue weighted by molar-refractivity contribution is 7.26. The second-order valence-corrected chi connectivity index (χ2v) is 13.5. The lowest BCUT2D eigenvalue weighted by molar-refractivity contribution is 1.32. The molecule has 0 N–H and O–H groups in total. The van der Waals surface area contributed by atoms with Crippen molar-refractivity contribution in [2.75, 3.05) is 4.90 Å². The third-order valence-electron chi connectivity index (χ3n) is 9.77. The molecule has 0 bridgehead atoms. The van der Waals surface area contributed by atoms with E-state index in [1.807, 2.05) is 11.3 Å². The number of thiophene rings is 1. The van der Waals surface area contributed by atoms with Crippen LogP contribution in [0.1, 0.15) is 0 Å². The van der Waals surface area contributed by atoms with Gasteiger partial charge in [-0.2, -0.15) is 0 Å². The smallest absolute Gasteiger partial charge is 0.0647 e. The van der Waals surface area contributed by atoms with E-state index in [1.54, 1.807) is 0 Å². The third-order valence-corrected chi connectivity index (χ3v) is 11.0. The molecule has 1 aromatic heterocycles. The third kappa shape index (κ3) is 4.17. The average molecular weight is 628 g/mol. The highest BCUT2D eigenvalue weighted by Gasteiger charge is 2.23. The van der Waals surface area contributed by atoms with E-state index < -0.39 is 0 Å². The minimum absolute atomic E-state index is 1.13. The van der Waals surface area contributed by atoms with Crippen molar-refractivity contribution in [3.63, 3.8) is 0 Å². The lowest BCUT2D eigenvalue weighted by atomic mass is 9.94. The zero-order valence-electron chi connectivity index (χ0n) is 26.1. The Morgan fingerprint density at radius 2 is 0.938 bits per heavy atom. The lowest BCUT2D eigenvalue weighted by Crippen LogP contribution is -2.11. The van der Waals surface area contributed by atoms with Crippen molar-refractivity contribution in [1.29, 1.82) is 0 Å². The molecule has 0 aliphatic heterocycles. The molecule has 0 aliphatic rings. The maximum Gasteiger partial charge on any atom is 0.0647 e. The predicted octanol–water partition coefficient (Wildman–Crippen LogP) is 13.8. The number of rotatable bonds is 4. The lowest BCUT2D eigenvalue weighted by Gasteiger charge is -2.29. The summed E-state index contributed by atoms with van der Waals surface area (Å²) in [6.45, 7) is 0. The monoisotopic (exact) mass is 627 g/mol. The number of benzene rings is 9. The van der Waals surface area contributed by atoms with Crippen molar-refractivity contribution in [1.82, 2.24) is 0 Å². The number of nitrogens with zero attached hydrogens (tertiary/aromatic N) is 1. The van der Waals surface area contributed by atoms with Gasteiger partial charge in [0, 0.05) is 26.5 Å². The van der Waals surface area contributed by atoms with E-state index in [1.165, 1.54) is 85.8 Å². The molecule has 224 valence electrons. The van der Waals surface area contributed by atoms with Gasteiger partial charge in [-0.15, -0.1) is 11.3 Å². The molecule has 0 saturated carbocycles. The first-order chi connectivity index (χ1) is 23.8. The van der Waals surface area contributed by atoms with Crippen molar-refractivity contribution < 1.29 is 0 Å². The van der Waals surface area contributed by atoms with Gasteiger partial charge in [0.1, 0.15) is 0 Å². The van der Waals surface area contributed by atoms with Crippen LogP contribution >= 0.6 is 11.3 Å². The molecule has 1 nitrogen and oxygen atoms in total. The number of hydrogen-bond donors (Lipinski definition) is 0. The summed E-state index contributed by atoms with van der Waals surface area (Å²) in [6, 6.07) is 64.5. The summed E-state index contributed by atoms with van der Waals surface area (Å²) in [5.74, 6) is 0. The maximum atomic E-state index is 2.53. The van der Waals surface area contributed by atoms with Gasteiger partial charge < -0.3 is 4.90 Å². The molecule has 0 atom stereocenters. The van der Waals surface area contributed by atoms with Crippen LogP contribution < -0.4 is 4.90 Å². The predicted molar refractivity (Wildman–Crippen MR) is 209 cm³/mol. The molecule has 9 aromatic carbocycles. The van der Waals surface area contributed by atoms with Gasteiger partial charge in [0.25, 0.3) is 0 Å². The van der Waals surface area contributed by atoms with Gasteiger partial charge in [-0.25, -0.2) is 0 Å². The van der Waals surface area contributed by atoms with Crippen LogP contribution in [0.4, 0.5) is 17.1 Å². The zero-order valence-corrected chi connectivity index (χ0v) is 26.9. The Morgan fingerprint density at radius 3 is 1.71 bits per heavy atom. The molecular weight excluding hydrogens is 599 g/mol. The van der Waals surface area contributed by atoms with Gasteiger partial charge in [-0.05, 0) is 79.2 Å². The maximum absolute atomic E-state index is 2.53. The molecule has 0 amide bonds. The van der Waals surface area contributed by atoms with Crippen LogP contribution in [-0.2, 0) is 0 Å². The Hall–Kier alpha value is -5.96. The van der Waals surface area contributed by atoms with Gasteiger partial charge >= 0.3 is 0 Å². The van der Waals surface area contributed by atoms with Crippen LogP contribution in [0.2, 0.25) is 0 Å². The Bertz CT molecular complexity index is 2830. The summed E-state index contributed by atoms with van der Waals surface area (Å²) in [5.41, 5.74) is 5.91. The Kier molecular flexibility index (Phi) is 6.12. The minimum atomic E-state index is 1.13. The SMILES string of the molecule is c1ccc(-c2cccc(N(c3cc4ccccc4c4c3ccc3ccccc34)c3cc4ccccc4c4c3sc3ccccc34)c2)cc1. The highest BCUT2D eigenvalue weighted by Crippen LogP contribution is 2.50. The molecule has 48 heavy (non-hydrogen) atoms. The molecule has 0 saturated heterocycles. The fourth-order valence-corrected chi connectivity index (χ4v) is 8.84. The molecule has 0 spiro atoms. The van der Waals surface area contributed by atoms with Crippen molar-refractivity contribution in [3.8, 4) is 11.1 Å². The van der Waals surface area contributed by atoms with E-state index in [-0.39, 0.29) is 0 Å². The van der Waals surface area contributed by atoms with E-state index in [4.69, 9.17) is 0 Å². The summed E-state index contributed by atoms with van der Waals surface area (Å²) >= 11 is 1.89. The molecule has 2 heteroatoms. The average Bonchev–Trinajstić information content (AvgIpc) is 3.55. The molecule has 0 radical (unpaired) electrons. The quantitative estimate of drug-likeness (QED) is 0.176. The van der Waals surface area contributed by atoms with Crippen LogP contribution in [0.25, 0.3) is 74.4 Å². The van der Waals surface area contributed by atoms with Crippen molar-refractivity contribution in [2.24, 2.45) is 0 Å². The fraction of sp³-hybridized carbons (Fsp3) is 0. The Labute approximate surface area is 282 Å². The van der Waals surface area contributed by atoms with Gasteiger partial charge in [0.15, 0.2) is 0 Å². The number of hydrogen-bond acceptors (Lipinski definition) is 2. The van der Waals surface area contributed by atoms with E-state index in [2.05, 4.69) is 181 Å². The molecule has 0 aliphatic carbocycles. The van der Waals surface area contributed by atoms with Gasteiger partial charge in [0.05, 0.1) is 16.1 Å². The summed E-state index contributed by atoms with van der Waals surface area (Å²) < 4.78 is 2.60. The van der Waals surface area contributed by atoms with Gasteiger partial charge in [0.2, 0.25) is 0 Å². The van der Waals surface area contributed by atoms with Crippen LogP contribution in [-0.4, -0.2) is 0 Å². The van der Waals surface area contributed by atoms with Crippen LogP contribution in [0.5, 0.6) is 0 Å². The molecule has 1 heterocycles. The summed E-state index contributed by atoms with van der Waals surface area (Å²) in [6.07, 6.45) is 0. The van der Waals surface area contributed by atoms with E-state index in [9.17, 15) is 0 Å². The summed E-state index contributed by atoms with van der Waals surface area (Å²) in [7, 11) is 0. The van der Waals surface area contributed by atoms with Gasteiger partial charge in [-0.1, -0.05) is 146 Å². The zero-order chi connectivity index (χ0) is 31.6. The van der Waals surface area contributed by atoms with Gasteiger partial charge in [-0.3, -0.25) is 0 Å². The first kappa shape index (κ1) is 27.2. The van der Waals surface area contributed by atoms with Crippen molar-refractivity contribution in [2.45, 2.75) is 0 Å². The molecule has 0 fully saturated rings. The first-order valence-corrected chi connectivity index (χ1v) is 17.3. The van der Waals surface area contributed by atoms with E-state index >= 15 is 0 Å². The number of fused-ring (bicyclic) bond motifs is 10. The van der Waals surface area contributed by atoms with Crippen molar-refractivity contribution in [3.05, 3.63) is 176 Å². The van der Waals surface area contributed by atoms with E-state index in [0.29, 0.717) is 0 Å². The topological polar surface area (TPSA) is 3.24 Å². The second-order valence-electron chi connectivity index (χ2n) is 12.5. The van der Waals surface area contributed by atoms with Crippen LogP contribution in [0.3, 0.4) is 0 Å². The normalized spacial score (nSPS) is 11.8. The largest absolute Gasteiger partial charge is 0.308 e. The highest BCUT2D eigenvalue weighted by atomic mass is 32.1. The number of anilines is 3. The standard InChI is InChI=1S/C46H29NS/c1-2-13-30(14-3-1)32-18-12-19-35(27-32)47(42-29-34-17-6-9-22-38(34)45-40-23-10-11-24-43(40)48-46(42)45)41-28-33-16-5-8-21-37(33)44-36-20-7-4-15-31(36)25-26-39(41)44/h1-29H. The van der Waals surface area contributed by atoms with Crippen molar-refractivity contribution >= 4 is 91.7 Å². The van der Waals surface area contributed by atoms with Crippen LogP contribution in [0.15, 0.2) is 176 Å². The Balaban J connectivity index is 1.38. The first-order valence-electron chi connectivity index (χ1n) is 16.4. The van der Waals surface area contributed by atoms with Crippen LogP contribution in [0, 0.1) is 0 Å². The second kappa shape index (κ2) is 10.8. The summed E-state index contributed by atoms with van der Waals surface area (Å²) in [5, 5.41) is 12.7. The fourth-order valence-electron chi connectivity index (χ4n) is 7.62.